The van der Waals surface area contributed by atoms with Gasteiger partial charge in [-0.2, -0.15) is 0 Å². The zero-order valence-corrected chi connectivity index (χ0v) is 11.8. The number of fused-ring (bicyclic) bond motifs is 1. The van der Waals surface area contributed by atoms with E-state index in [1.54, 1.807) is 14.0 Å². The van der Waals surface area contributed by atoms with Crippen LogP contribution in [-0.2, 0) is 4.74 Å². The van der Waals surface area contributed by atoms with E-state index in [9.17, 15) is 4.79 Å². The van der Waals surface area contributed by atoms with Gasteiger partial charge in [-0.1, -0.05) is 0 Å². The Kier molecular flexibility index (Phi) is 3.68. The quantitative estimate of drug-likeness (QED) is 0.694. The largest absolute Gasteiger partial charge is 0.462 e. The minimum atomic E-state index is -0.337. The van der Waals surface area contributed by atoms with E-state index in [0.29, 0.717) is 22.1 Å². The molecule has 0 aliphatic rings. The molecule has 5 nitrogen and oxygen atoms in total. The van der Waals surface area contributed by atoms with Gasteiger partial charge in [0.25, 0.3) is 0 Å². The average Bonchev–Trinajstić information content (AvgIpc) is 2.66. The van der Waals surface area contributed by atoms with Gasteiger partial charge in [0.2, 0.25) is 5.28 Å². The number of carbonyl (C=O) groups is 1. The lowest BCUT2D eigenvalue weighted by atomic mass is 10.2. The van der Waals surface area contributed by atoms with Gasteiger partial charge in [0.1, 0.15) is 15.5 Å². The van der Waals surface area contributed by atoms with Crippen LogP contribution in [0.25, 0.3) is 10.2 Å². The van der Waals surface area contributed by atoms with Crippen molar-refractivity contribution in [3.63, 3.8) is 0 Å². The topological polar surface area (TPSA) is 64.1 Å². The third-order valence-electron chi connectivity index (χ3n) is 2.46. The van der Waals surface area contributed by atoms with Gasteiger partial charge in [-0.05, 0) is 31.0 Å². The van der Waals surface area contributed by atoms with Crippen LogP contribution >= 0.6 is 22.9 Å². The molecule has 0 spiro atoms. The molecular formula is C11H12ClN3O2S. The predicted molar refractivity (Wildman–Crippen MR) is 72.7 cm³/mol. The minimum absolute atomic E-state index is 0.156. The fourth-order valence-corrected chi connectivity index (χ4v) is 2.98. The Hall–Kier alpha value is -1.40. The van der Waals surface area contributed by atoms with Crippen molar-refractivity contribution in [2.45, 2.75) is 13.8 Å². The lowest BCUT2D eigenvalue weighted by Gasteiger charge is -2.02. The van der Waals surface area contributed by atoms with E-state index in [4.69, 9.17) is 16.3 Å². The summed E-state index contributed by atoms with van der Waals surface area (Å²) in [4.78, 5) is 21.3. The van der Waals surface area contributed by atoms with Crippen LogP contribution in [-0.4, -0.2) is 29.6 Å². The van der Waals surface area contributed by atoms with E-state index in [-0.39, 0.29) is 11.3 Å². The molecule has 96 valence electrons. The van der Waals surface area contributed by atoms with E-state index in [1.165, 1.54) is 11.3 Å². The summed E-state index contributed by atoms with van der Waals surface area (Å²) >= 11 is 7.10. The molecule has 0 radical (unpaired) electrons. The van der Waals surface area contributed by atoms with E-state index < -0.39 is 0 Å². The first-order chi connectivity index (χ1) is 8.58. The zero-order valence-electron chi connectivity index (χ0n) is 10.2. The molecule has 1 N–H and O–H groups in total. The molecule has 0 amide bonds. The number of nitrogens with zero attached hydrogens (tertiary/aromatic N) is 2. The van der Waals surface area contributed by atoms with Gasteiger partial charge in [-0.25, -0.2) is 14.8 Å². The van der Waals surface area contributed by atoms with Crippen molar-refractivity contribution in [3.05, 3.63) is 15.7 Å². The van der Waals surface area contributed by atoms with Crippen molar-refractivity contribution in [3.8, 4) is 0 Å². The van der Waals surface area contributed by atoms with E-state index in [1.807, 2.05) is 6.92 Å². The average molecular weight is 286 g/mol. The first-order valence-corrected chi connectivity index (χ1v) is 6.59. The van der Waals surface area contributed by atoms with Crippen LogP contribution in [0.2, 0.25) is 5.28 Å². The summed E-state index contributed by atoms with van der Waals surface area (Å²) in [6.45, 7) is 3.97. The maximum Gasteiger partial charge on any atom is 0.348 e. The molecule has 2 rings (SSSR count). The molecule has 0 unspecified atom stereocenters. The number of nitrogens with one attached hydrogen (secondary N) is 1. The summed E-state index contributed by atoms with van der Waals surface area (Å²) in [6, 6.07) is 0. The van der Waals surface area contributed by atoms with Crippen LogP contribution in [0.1, 0.15) is 22.2 Å². The molecule has 0 aliphatic heterocycles. The fourth-order valence-electron chi connectivity index (χ4n) is 1.69. The molecule has 0 fully saturated rings. The SMILES string of the molecule is CCOC(=O)c1sc2nc(Cl)nc(NC)c2c1C. The molecule has 0 saturated heterocycles. The van der Waals surface area contributed by atoms with Gasteiger partial charge in [0.15, 0.2) is 0 Å². The third kappa shape index (κ3) is 2.13. The van der Waals surface area contributed by atoms with Crippen LogP contribution in [0.3, 0.4) is 0 Å². The number of thiophene rings is 1. The Labute approximate surface area is 113 Å². The highest BCUT2D eigenvalue weighted by molar-refractivity contribution is 7.20. The van der Waals surface area contributed by atoms with Gasteiger partial charge in [0.05, 0.1) is 12.0 Å². The third-order valence-corrected chi connectivity index (χ3v) is 3.80. The minimum Gasteiger partial charge on any atom is -0.462 e. The maximum atomic E-state index is 11.8. The summed E-state index contributed by atoms with van der Waals surface area (Å²) in [5.74, 6) is 0.283. The van der Waals surface area contributed by atoms with Crippen LogP contribution in [0.15, 0.2) is 0 Å². The number of halogens is 1. The molecule has 2 heterocycles. The summed E-state index contributed by atoms with van der Waals surface area (Å²) in [6.07, 6.45) is 0. The molecule has 0 atom stereocenters. The highest BCUT2D eigenvalue weighted by atomic mass is 35.5. The lowest BCUT2D eigenvalue weighted by Crippen LogP contribution is -2.03. The number of rotatable bonds is 3. The zero-order chi connectivity index (χ0) is 13.3. The fraction of sp³-hybridized carbons (Fsp3) is 0.364. The van der Waals surface area contributed by atoms with Crippen molar-refractivity contribution in [1.29, 1.82) is 0 Å². The van der Waals surface area contributed by atoms with Gasteiger partial charge >= 0.3 is 5.97 Å². The van der Waals surface area contributed by atoms with E-state index >= 15 is 0 Å². The maximum absolute atomic E-state index is 11.8. The summed E-state index contributed by atoms with van der Waals surface area (Å²) in [5.41, 5.74) is 0.814. The first-order valence-electron chi connectivity index (χ1n) is 5.40. The van der Waals surface area contributed by atoms with E-state index in [2.05, 4.69) is 15.3 Å². The Balaban J connectivity index is 2.66. The van der Waals surface area contributed by atoms with Crippen molar-refractivity contribution >= 4 is 44.9 Å². The Bertz CT molecular complexity index is 612. The molecule has 2 aromatic rings. The summed E-state index contributed by atoms with van der Waals surface area (Å²) in [7, 11) is 1.75. The predicted octanol–water partition coefficient (Wildman–Crippen LogP) is 2.87. The second-order valence-electron chi connectivity index (χ2n) is 3.55. The number of hydrogen-bond donors (Lipinski definition) is 1. The van der Waals surface area contributed by atoms with Crippen molar-refractivity contribution in [2.75, 3.05) is 19.0 Å². The number of esters is 1. The number of hydrogen-bond acceptors (Lipinski definition) is 6. The van der Waals surface area contributed by atoms with Crippen LogP contribution in [0.5, 0.6) is 0 Å². The Morgan fingerprint density at radius 1 is 1.50 bits per heavy atom. The molecule has 7 heteroatoms. The van der Waals surface area contributed by atoms with Crippen molar-refractivity contribution < 1.29 is 9.53 Å². The Morgan fingerprint density at radius 2 is 2.22 bits per heavy atom. The highest BCUT2D eigenvalue weighted by Crippen LogP contribution is 2.34. The summed E-state index contributed by atoms with van der Waals surface area (Å²) in [5, 5.41) is 3.93. The van der Waals surface area contributed by atoms with E-state index in [0.717, 1.165) is 10.9 Å². The molecule has 18 heavy (non-hydrogen) atoms. The normalized spacial score (nSPS) is 10.7. The van der Waals surface area contributed by atoms with Gasteiger partial charge in [-0.15, -0.1) is 11.3 Å². The van der Waals surface area contributed by atoms with Crippen LogP contribution < -0.4 is 5.32 Å². The second-order valence-corrected chi connectivity index (χ2v) is 4.89. The van der Waals surface area contributed by atoms with Crippen LogP contribution in [0, 0.1) is 6.92 Å². The van der Waals surface area contributed by atoms with Gasteiger partial charge in [-0.3, -0.25) is 0 Å². The molecular weight excluding hydrogens is 274 g/mol. The first kappa shape index (κ1) is 13.0. The number of anilines is 1. The molecule has 0 aliphatic carbocycles. The van der Waals surface area contributed by atoms with Crippen molar-refractivity contribution in [2.24, 2.45) is 0 Å². The Morgan fingerprint density at radius 3 is 2.83 bits per heavy atom. The second kappa shape index (κ2) is 5.07. The molecule has 2 aromatic heterocycles. The molecule has 0 aromatic carbocycles. The standard InChI is InChI=1S/C11H12ClN3O2S/c1-4-17-10(16)7-5(2)6-8(13-3)14-11(12)15-9(6)18-7/h4H2,1-3H3,(H,13,14,15). The molecule has 0 saturated carbocycles. The lowest BCUT2D eigenvalue weighted by molar-refractivity contribution is 0.0531. The number of aryl methyl sites for hydroxylation is 1. The number of aromatic nitrogens is 2. The van der Waals surface area contributed by atoms with Crippen molar-refractivity contribution in [1.82, 2.24) is 9.97 Å². The van der Waals surface area contributed by atoms with Gasteiger partial charge < -0.3 is 10.1 Å². The smallest absolute Gasteiger partial charge is 0.348 e. The highest BCUT2D eigenvalue weighted by Gasteiger charge is 2.20. The van der Waals surface area contributed by atoms with Gasteiger partial charge in [0, 0.05) is 7.05 Å². The van der Waals surface area contributed by atoms with Crippen LogP contribution in [0.4, 0.5) is 5.82 Å². The number of ether oxygens (including phenoxy) is 1. The monoisotopic (exact) mass is 285 g/mol. The summed E-state index contributed by atoms with van der Waals surface area (Å²) < 4.78 is 5.01. The molecule has 0 bridgehead atoms. The number of carbonyl (C=O) groups excluding carboxylic acids is 1.